The topological polar surface area (TPSA) is 58.6 Å². The Morgan fingerprint density at radius 1 is 1.10 bits per heavy atom. The smallest absolute Gasteiger partial charge is 0.254 e. The van der Waals surface area contributed by atoms with Crippen LogP contribution >= 0.6 is 0 Å². The summed E-state index contributed by atoms with van der Waals surface area (Å²) in [6.07, 6.45) is 0.895. The van der Waals surface area contributed by atoms with Crippen LogP contribution in [0.3, 0.4) is 0 Å². The van der Waals surface area contributed by atoms with Crippen LogP contribution in [0.15, 0.2) is 54.6 Å². The molecule has 0 bridgehead atoms. The van der Waals surface area contributed by atoms with Crippen molar-refractivity contribution in [1.82, 2.24) is 10.2 Å². The molecule has 1 N–H and O–H groups in total. The molecule has 0 aliphatic carbocycles. The van der Waals surface area contributed by atoms with Gasteiger partial charge in [0.25, 0.3) is 5.91 Å². The minimum atomic E-state index is -1.07. The van der Waals surface area contributed by atoms with Gasteiger partial charge in [0.05, 0.1) is 13.2 Å². The van der Waals surface area contributed by atoms with Gasteiger partial charge in [-0.3, -0.25) is 9.59 Å². The molecule has 2 aromatic carbocycles. The molecule has 2 amide bonds. The van der Waals surface area contributed by atoms with Crippen LogP contribution in [0.1, 0.15) is 25.8 Å². The van der Waals surface area contributed by atoms with Gasteiger partial charge >= 0.3 is 0 Å². The lowest BCUT2D eigenvalue weighted by atomic mass is 9.89. The number of carbonyl (C=O) groups excluding carboxylic acids is 2. The minimum absolute atomic E-state index is 0.0783. The quantitative estimate of drug-likeness (QED) is 0.818. The van der Waals surface area contributed by atoms with Gasteiger partial charge in [0.15, 0.2) is 5.60 Å². The van der Waals surface area contributed by atoms with E-state index in [-0.39, 0.29) is 24.3 Å². The number of carbonyl (C=O) groups is 2. The van der Waals surface area contributed by atoms with Crippen molar-refractivity contribution in [2.45, 2.75) is 32.3 Å². The first-order valence-electron chi connectivity index (χ1n) is 10.2. The van der Waals surface area contributed by atoms with E-state index in [0.29, 0.717) is 26.0 Å². The molecule has 1 aliphatic heterocycles. The fraction of sp³-hybridized carbons (Fsp3) is 0.417. The van der Waals surface area contributed by atoms with Crippen molar-refractivity contribution in [2.24, 2.45) is 5.92 Å². The summed E-state index contributed by atoms with van der Waals surface area (Å²) >= 11 is 0. The number of hydrogen-bond acceptors (Lipinski definition) is 3. The number of nitrogens with one attached hydrogen (secondary N) is 1. The summed E-state index contributed by atoms with van der Waals surface area (Å²) in [5.74, 6) is 0.168. The van der Waals surface area contributed by atoms with E-state index in [1.54, 1.807) is 11.9 Å². The Balaban J connectivity index is 1.86. The number of ether oxygens (including phenoxy) is 1. The molecule has 0 aromatic heterocycles. The Kier molecular flexibility index (Phi) is 6.70. The van der Waals surface area contributed by atoms with Gasteiger partial charge in [0.1, 0.15) is 0 Å². The van der Waals surface area contributed by atoms with E-state index in [9.17, 15) is 9.59 Å². The minimum Gasteiger partial charge on any atom is -0.361 e. The molecule has 154 valence electrons. The molecule has 0 saturated carbocycles. The maximum absolute atomic E-state index is 12.9. The van der Waals surface area contributed by atoms with Crippen LogP contribution in [0.4, 0.5) is 0 Å². The highest BCUT2D eigenvalue weighted by Gasteiger charge is 2.44. The number of nitrogens with zero attached hydrogens (tertiary/aromatic N) is 1. The van der Waals surface area contributed by atoms with E-state index in [4.69, 9.17) is 4.74 Å². The number of rotatable bonds is 6. The highest BCUT2D eigenvalue weighted by molar-refractivity contribution is 5.87. The molecule has 0 unspecified atom stereocenters. The van der Waals surface area contributed by atoms with Crippen LogP contribution in [0.25, 0.3) is 11.1 Å². The first-order chi connectivity index (χ1) is 13.9. The van der Waals surface area contributed by atoms with Crippen LogP contribution in [0, 0.1) is 5.92 Å². The maximum atomic E-state index is 12.9. The van der Waals surface area contributed by atoms with Gasteiger partial charge in [-0.05, 0) is 22.6 Å². The third-order valence-electron chi connectivity index (χ3n) is 5.29. The largest absolute Gasteiger partial charge is 0.361 e. The Bertz CT molecular complexity index is 850. The van der Waals surface area contributed by atoms with Crippen molar-refractivity contribution in [2.75, 3.05) is 26.7 Å². The molecule has 0 spiro atoms. The van der Waals surface area contributed by atoms with E-state index in [2.05, 4.69) is 29.6 Å². The molecule has 29 heavy (non-hydrogen) atoms. The van der Waals surface area contributed by atoms with E-state index in [0.717, 1.165) is 16.7 Å². The molecule has 5 heteroatoms. The van der Waals surface area contributed by atoms with Gasteiger partial charge in [-0.1, -0.05) is 68.4 Å². The predicted molar refractivity (Wildman–Crippen MR) is 114 cm³/mol. The van der Waals surface area contributed by atoms with E-state index in [1.807, 2.05) is 44.2 Å². The van der Waals surface area contributed by atoms with Crippen LogP contribution < -0.4 is 5.32 Å². The third-order valence-corrected chi connectivity index (χ3v) is 5.29. The van der Waals surface area contributed by atoms with E-state index >= 15 is 0 Å². The fourth-order valence-corrected chi connectivity index (χ4v) is 3.85. The second kappa shape index (κ2) is 9.23. The number of hydrogen-bond donors (Lipinski definition) is 1. The Morgan fingerprint density at radius 3 is 2.52 bits per heavy atom. The normalized spacial score (nSPS) is 19.2. The molecule has 1 saturated heterocycles. The average molecular weight is 395 g/mol. The lowest BCUT2D eigenvalue weighted by Crippen LogP contribution is -2.61. The zero-order valence-corrected chi connectivity index (χ0v) is 17.5. The molecule has 0 radical (unpaired) electrons. The molecule has 1 atom stereocenters. The van der Waals surface area contributed by atoms with Crippen LogP contribution in [0.5, 0.6) is 0 Å². The van der Waals surface area contributed by atoms with Gasteiger partial charge in [-0.25, -0.2) is 0 Å². The standard InChI is InChI=1S/C24H30N2O3/c1-18(2)14-22(27)26-12-13-29-24(17-26,23(28)25-3)16-19-8-7-11-21(15-19)20-9-5-4-6-10-20/h4-11,15,18H,12-14,16-17H2,1-3H3,(H,25,28)/t24-/m1/s1. The Hall–Kier alpha value is -2.66. The fourth-order valence-electron chi connectivity index (χ4n) is 3.85. The zero-order valence-electron chi connectivity index (χ0n) is 17.5. The number of likely N-dealkylation sites (N-methyl/N-ethyl adjacent to an activating group) is 1. The van der Waals surface area contributed by atoms with Crippen molar-refractivity contribution in [3.8, 4) is 11.1 Å². The Morgan fingerprint density at radius 2 is 1.83 bits per heavy atom. The lowest BCUT2D eigenvalue weighted by Gasteiger charge is -2.41. The highest BCUT2D eigenvalue weighted by Crippen LogP contribution is 2.27. The van der Waals surface area contributed by atoms with Gasteiger partial charge in [0, 0.05) is 26.4 Å². The Labute approximate surface area is 173 Å². The summed E-state index contributed by atoms with van der Waals surface area (Å²) in [5.41, 5.74) is 2.16. The van der Waals surface area contributed by atoms with Crippen molar-refractivity contribution in [1.29, 1.82) is 0 Å². The van der Waals surface area contributed by atoms with Crippen molar-refractivity contribution in [3.05, 3.63) is 60.2 Å². The summed E-state index contributed by atoms with van der Waals surface area (Å²) in [4.78, 5) is 27.3. The predicted octanol–water partition coefficient (Wildman–Crippen LogP) is 3.29. The summed E-state index contributed by atoms with van der Waals surface area (Å²) < 4.78 is 6.05. The highest BCUT2D eigenvalue weighted by atomic mass is 16.5. The van der Waals surface area contributed by atoms with E-state index in [1.165, 1.54) is 0 Å². The summed E-state index contributed by atoms with van der Waals surface area (Å²) in [6, 6.07) is 18.3. The molecule has 1 fully saturated rings. The maximum Gasteiger partial charge on any atom is 0.254 e. The monoisotopic (exact) mass is 394 g/mol. The lowest BCUT2D eigenvalue weighted by molar-refractivity contribution is -0.166. The van der Waals surface area contributed by atoms with Gasteiger partial charge in [-0.2, -0.15) is 0 Å². The number of morpholine rings is 1. The van der Waals surface area contributed by atoms with Gasteiger partial charge in [0.2, 0.25) is 5.91 Å². The van der Waals surface area contributed by atoms with Gasteiger partial charge in [-0.15, -0.1) is 0 Å². The number of benzene rings is 2. The molecule has 1 aliphatic rings. The summed E-state index contributed by atoms with van der Waals surface area (Å²) in [7, 11) is 1.61. The third kappa shape index (κ3) is 5.04. The molecular formula is C24H30N2O3. The first kappa shape index (κ1) is 21.1. The van der Waals surface area contributed by atoms with Crippen LogP contribution in [-0.2, 0) is 20.7 Å². The summed E-state index contributed by atoms with van der Waals surface area (Å²) in [6.45, 7) is 5.20. The SMILES string of the molecule is CNC(=O)[C@@]1(Cc2cccc(-c3ccccc3)c2)CN(C(=O)CC(C)C)CCO1. The molecule has 5 nitrogen and oxygen atoms in total. The van der Waals surface area contributed by atoms with Crippen LogP contribution in [-0.4, -0.2) is 49.1 Å². The van der Waals surface area contributed by atoms with Crippen LogP contribution in [0.2, 0.25) is 0 Å². The second-order valence-corrected chi connectivity index (χ2v) is 8.08. The first-order valence-corrected chi connectivity index (χ1v) is 10.2. The molecular weight excluding hydrogens is 364 g/mol. The van der Waals surface area contributed by atoms with Crippen molar-refractivity contribution in [3.63, 3.8) is 0 Å². The molecule has 2 aromatic rings. The van der Waals surface area contributed by atoms with E-state index < -0.39 is 5.60 Å². The van der Waals surface area contributed by atoms with Crippen molar-refractivity contribution >= 4 is 11.8 Å². The molecule has 1 heterocycles. The van der Waals surface area contributed by atoms with Crippen molar-refractivity contribution < 1.29 is 14.3 Å². The number of amides is 2. The van der Waals surface area contributed by atoms with Gasteiger partial charge < -0.3 is 15.0 Å². The summed E-state index contributed by atoms with van der Waals surface area (Å²) in [5, 5.41) is 2.74. The second-order valence-electron chi connectivity index (χ2n) is 8.08. The average Bonchev–Trinajstić information content (AvgIpc) is 2.73. The molecule has 3 rings (SSSR count). The zero-order chi connectivity index (χ0) is 20.9.